The average molecular weight is 897 g/mol. The second-order valence-corrected chi connectivity index (χ2v) is 19.3. The van der Waals surface area contributed by atoms with E-state index in [1.54, 1.807) is 0 Å². The van der Waals surface area contributed by atoms with E-state index in [9.17, 15) is 0 Å². The highest BCUT2D eigenvalue weighted by molar-refractivity contribution is 7.26. The predicted molar refractivity (Wildman–Crippen MR) is 290 cm³/mol. The summed E-state index contributed by atoms with van der Waals surface area (Å²) in [6.07, 6.45) is 0. The molecule has 1 spiro atoms. The second-order valence-electron chi connectivity index (χ2n) is 18.3. The monoisotopic (exact) mass is 896 g/mol. The van der Waals surface area contributed by atoms with Gasteiger partial charge in [-0.05, 0) is 117 Å². The minimum atomic E-state index is -0.705. The molecule has 0 fully saturated rings. The maximum atomic E-state index is 7.33. The van der Waals surface area contributed by atoms with Crippen LogP contribution in [-0.2, 0) is 5.41 Å². The van der Waals surface area contributed by atoms with E-state index >= 15 is 0 Å². The van der Waals surface area contributed by atoms with E-state index in [0.29, 0.717) is 0 Å². The van der Waals surface area contributed by atoms with Gasteiger partial charge in [0.15, 0.2) is 5.58 Å². The van der Waals surface area contributed by atoms with Crippen LogP contribution in [-0.4, -0.2) is 0 Å². The van der Waals surface area contributed by atoms with Crippen LogP contribution in [0.3, 0.4) is 0 Å². The number of benzene rings is 11. The van der Waals surface area contributed by atoms with E-state index in [0.717, 1.165) is 56.1 Å². The van der Waals surface area contributed by atoms with Gasteiger partial charge in [0.2, 0.25) is 0 Å². The van der Waals surface area contributed by atoms with Crippen LogP contribution in [0.15, 0.2) is 247 Å². The van der Waals surface area contributed by atoms with Crippen LogP contribution >= 0.6 is 11.3 Å². The van der Waals surface area contributed by atoms with Gasteiger partial charge in [-0.2, -0.15) is 0 Å². The van der Waals surface area contributed by atoms with E-state index in [1.807, 2.05) is 11.3 Å². The molecule has 322 valence electrons. The molecule has 2 aromatic heterocycles. The molecule has 0 amide bonds. The maximum absolute atomic E-state index is 7.33. The maximum Gasteiger partial charge on any atom is 0.160 e. The number of rotatable bonds is 6. The Hall–Kier alpha value is -8.70. The van der Waals surface area contributed by atoms with Gasteiger partial charge in [-0.15, -0.1) is 11.3 Å². The Kier molecular flexibility index (Phi) is 8.15. The largest absolute Gasteiger partial charge is 0.454 e. The Morgan fingerprint density at radius 2 is 0.884 bits per heavy atom. The highest BCUT2D eigenvalue weighted by atomic mass is 32.1. The van der Waals surface area contributed by atoms with Crippen molar-refractivity contribution in [3.05, 3.63) is 265 Å². The summed E-state index contributed by atoms with van der Waals surface area (Å²) in [6, 6.07) is 89.1. The van der Waals surface area contributed by atoms with Crippen molar-refractivity contribution in [3.8, 4) is 22.3 Å². The summed E-state index contributed by atoms with van der Waals surface area (Å²) in [5.41, 5.74) is 17.7. The topological polar surface area (TPSA) is 19.6 Å². The van der Waals surface area contributed by atoms with Crippen LogP contribution in [0, 0.1) is 0 Å². The Bertz CT molecular complexity index is 4130. The van der Waals surface area contributed by atoms with E-state index in [4.69, 9.17) is 4.42 Å². The molecule has 13 aromatic rings. The van der Waals surface area contributed by atoms with Crippen molar-refractivity contribution in [2.75, 3.05) is 9.80 Å². The zero-order valence-electron chi connectivity index (χ0n) is 37.3. The summed E-state index contributed by atoms with van der Waals surface area (Å²) in [5.74, 6) is 0. The smallest absolute Gasteiger partial charge is 0.160 e. The number of thiophene rings is 1. The molecular formula is C65H40N2OS. The first-order valence-corrected chi connectivity index (χ1v) is 24.5. The zero-order chi connectivity index (χ0) is 45.2. The zero-order valence-corrected chi connectivity index (χ0v) is 38.1. The summed E-state index contributed by atoms with van der Waals surface area (Å²) < 4.78 is 9.86. The van der Waals surface area contributed by atoms with Gasteiger partial charge in [0.05, 0.1) is 16.8 Å². The lowest BCUT2D eigenvalue weighted by molar-refractivity contribution is 0.668. The van der Waals surface area contributed by atoms with Crippen molar-refractivity contribution < 1.29 is 4.42 Å². The van der Waals surface area contributed by atoms with Crippen molar-refractivity contribution >= 4 is 98.3 Å². The summed E-state index contributed by atoms with van der Waals surface area (Å²) in [4.78, 5) is 4.91. The Balaban J connectivity index is 1.17. The van der Waals surface area contributed by atoms with Crippen LogP contribution in [0.5, 0.6) is 0 Å². The number of hydrogen-bond acceptors (Lipinski definition) is 4. The molecule has 0 N–H and O–H groups in total. The predicted octanol–water partition coefficient (Wildman–Crippen LogP) is 18.4. The number of fused-ring (bicyclic) bond motifs is 19. The lowest BCUT2D eigenvalue weighted by Crippen LogP contribution is -2.26. The molecule has 4 heteroatoms. The van der Waals surface area contributed by atoms with Crippen LogP contribution in [0.4, 0.5) is 34.1 Å². The van der Waals surface area contributed by atoms with Crippen molar-refractivity contribution in [1.82, 2.24) is 0 Å². The second kappa shape index (κ2) is 14.6. The summed E-state index contributed by atoms with van der Waals surface area (Å²) >= 11 is 1.91. The van der Waals surface area contributed by atoms with E-state index in [-0.39, 0.29) is 0 Å². The highest BCUT2D eigenvalue weighted by Gasteiger charge is 2.54. The fourth-order valence-electron chi connectivity index (χ4n) is 12.1. The Morgan fingerprint density at radius 1 is 0.362 bits per heavy atom. The molecule has 2 aliphatic rings. The molecule has 69 heavy (non-hydrogen) atoms. The first kappa shape index (κ1) is 38.4. The highest BCUT2D eigenvalue weighted by Crippen LogP contribution is 2.68. The molecule has 0 saturated carbocycles. The summed E-state index contributed by atoms with van der Waals surface area (Å²) in [5, 5.41) is 7.12. The first-order chi connectivity index (χ1) is 34.3. The first-order valence-electron chi connectivity index (χ1n) is 23.7. The van der Waals surface area contributed by atoms with Crippen LogP contribution in [0.1, 0.15) is 22.3 Å². The van der Waals surface area contributed by atoms with Gasteiger partial charge in [0.1, 0.15) is 5.58 Å². The standard InChI is InChI=1S/C65H40N2OS/c1-4-22-43(23-5-1)66(44-24-6-2-7-25-44)55-39-54-62(64-59(55)50-31-15-19-35-58(50)69-64)61-53(65(54)51-32-16-12-28-47(51)48-29-13-17-33-52(48)65)40-56(63-60(61)49-30-14-18-34-57(49)68-63)67(45-26-8-3-9-27-45)46-37-36-41-20-10-11-21-42(41)38-46/h1-40H. The summed E-state index contributed by atoms with van der Waals surface area (Å²) in [6.45, 7) is 0. The van der Waals surface area contributed by atoms with Gasteiger partial charge in [-0.3, -0.25) is 0 Å². The van der Waals surface area contributed by atoms with Crippen molar-refractivity contribution in [1.29, 1.82) is 0 Å². The quantitative estimate of drug-likeness (QED) is 0.166. The molecule has 0 unspecified atom stereocenters. The van der Waals surface area contributed by atoms with Crippen LogP contribution in [0.2, 0.25) is 0 Å². The van der Waals surface area contributed by atoms with Gasteiger partial charge in [-0.25, -0.2) is 0 Å². The van der Waals surface area contributed by atoms with E-state index < -0.39 is 5.41 Å². The van der Waals surface area contributed by atoms with Gasteiger partial charge in [0.25, 0.3) is 0 Å². The molecule has 0 aliphatic heterocycles. The molecular weight excluding hydrogens is 857 g/mol. The molecule has 0 radical (unpaired) electrons. The number of anilines is 6. The van der Waals surface area contributed by atoms with E-state index in [2.05, 4.69) is 252 Å². The van der Waals surface area contributed by atoms with Gasteiger partial charge < -0.3 is 14.2 Å². The number of hydrogen-bond donors (Lipinski definition) is 0. The molecule has 0 saturated heterocycles. The fraction of sp³-hybridized carbons (Fsp3) is 0.0154. The lowest BCUT2D eigenvalue weighted by Gasteiger charge is -2.33. The van der Waals surface area contributed by atoms with Gasteiger partial charge in [-0.1, -0.05) is 170 Å². The molecule has 2 aliphatic carbocycles. The summed E-state index contributed by atoms with van der Waals surface area (Å²) in [7, 11) is 0. The van der Waals surface area contributed by atoms with Crippen molar-refractivity contribution in [2.24, 2.45) is 0 Å². The van der Waals surface area contributed by atoms with Gasteiger partial charge in [0, 0.05) is 64.8 Å². The Labute approximate surface area is 403 Å². The number of para-hydroxylation sites is 4. The fourth-order valence-corrected chi connectivity index (χ4v) is 13.3. The van der Waals surface area contributed by atoms with Gasteiger partial charge >= 0.3 is 0 Å². The van der Waals surface area contributed by atoms with Crippen molar-refractivity contribution in [2.45, 2.75) is 5.41 Å². The van der Waals surface area contributed by atoms with Crippen molar-refractivity contribution in [3.63, 3.8) is 0 Å². The average Bonchev–Trinajstić information content (AvgIpc) is 4.16. The third kappa shape index (κ3) is 5.32. The van der Waals surface area contributed by atoms with Crippen LogP contribution in [0.25, 0.3) is 75.1 Å². The molecule has 3 nitrogen and oxygen atoms in total. The molecule has 11 aromatic carbocycles. The normalized spacial score (nSPS) is 13.0. The third-order valence-electron chi connectivity index (χ3n) is 14.8. The Morgan fingerprint density at radius 3 is 1.57 bits per heavy atom. The minimum absolute atomic E-state index is 0.705. The minimum Gasteiger partial charge on any atom is -0.454 e. The van der Waals surface area contributed by atoms with Crippen LogP contribution < -0.4 is 9.80 Å². The lowest BCUT2D eigenvalue weighted by atomic mass is 9.70. The SMILES string of the molecule is c1ccc(N(c2ccc3ccccc3c2)c2cc3c(c4c2oc2ccccc24)-c2c(cc(N(c4ccccc4)c4ccccc4)c4c2sc2ccccc24)C32c3ccccc3-c3ccccc32)cc1. The number of nitrogens with zero attached hydrogens (tertiary/aromatic N) is 2. The number of furan rings is 1. The molecule has 2 heterocycles. The molecule has 15 rings (SSSR count). The van der Waals surface area contributed by atoms with E-state index in [1.165, 1.54) is 75.5 Å². The molecule has 0 atom stereocenters. The molecule has 0 bridgehead atoms. The third-order valence-corrected chi connectivity index (χ3v) is 16.0.